The second-order valence-electron chi connectivity index (χ2n) is 9.77. The first-order valence-corrected chi connectivity index (χ1v) is 12.9. The number of aromatic nitrogens is 1. The Kier molecular flexibility index (Phi) is 7.22. The molecule has 3 N–H and O–H groups in total. The summed E-state index contributed by atoms with van der Waals surface area (Å²) >= 11 is 6.23. The number of halogens is 1. The molecule has 9 heteroatoms. The van der Waals surface area contributed by atoms with Gasteiger partial charge in [-0.15, -0.1) is 0 Å². The third-order valence-electron chi connectivity index (χ3n) is 7.58. The average molecular weight is 527 g/mol. The molecule has 3 aromatic rings. The summed E-state index contributed by atoms with van der Waals surface area (Å²) in [6.45, 7) is 1.17. The molecule has 8 nitrogen and oxygen atoms in total. The van der Waals surface area contributed by atoms with Crippen molar-refractivity contribution in [3.05, 3.63) is 70.2 Å². The van der Waals surface area contributed by atoms with Crippen LogP contribution in [0.15, 0.2) is 48.5 Å². The fraction of sp³-hybridized carbons (Fsp3) is 0.393. The topological polar surface area (TPSA) is 104 Å². The van der Waals surface area contributed by atoms with Gasteiger partial charge in [0.25, 0.3) is 0 Å². The fourth-order valence-electron chi connectivity index (χ4n) is 5.52. The molecule has 1 saturated carbocycles. The van der Waals surface area contributed by atoms with E-state index in [9.17, 15) is 20.1 Å². The van der Waals surface area contributed by atoms with Crippen LogP contribution in [0, 0.1) is 5.92 Å². The Bertz CT molecular complexity index is 1270. The number of fused-ring (bicyclic) bond motifs is 1. The zero-order valence-electron chi connectivity index (χ0n) is 20.6. The van der Waals surface area contributed by atoms with E-state index in [2.05, 4.69) is 11.0 Å². The maximum Gasteiger partial charge on any atom is 0.306 e. The molecule has 5 rings (SSSR count). The number of carboxylic acids is 1. The minimum absolute atomic E-state index is 0.0274. The van der Waals surface area contributed by atoms with E-state index < -0.39 is 5.97 Å². The molecule has 0 radical (unpaired) electrons. The predicted molar refractivity (Wildman–Crippen MR) is 138 cm³/mol. The zero-order chi connectivity index (χ0) is 26.1. The highest BCUT2D eigenvalue weighted by Gasteiger charge is 2.42. The van der Waals surface area contributed by atoms with Crippen LogP contribution in [0.3, 0.4) is 0 Å². The van der Waals surface area contributed by atoms with Gasteiger partial charge in [-0.3, -0.25) is 14.3 Å². The average Bonchev–Trinajstić information content (AvgIpc) is 3.40. The molecule has 2 aliphatic carbocycles. The normalized spacial score (nSPS) is 20.5. The molecule has 196 valence electrons. The minimum atomic E-state index is -0.723. The highest BCUT2D eigenvalue weighted by molar-refractivity contribution is 6.30. The highest BCUT2D eigenvalue weighted by Crippen LogP contribution is 2.44. The molecular weight excluding hydrogens is 496 g/mol. The number of hydrogen-bond donors (Lipinski definition) is 3. The molecule has 1 unspecified atom stereocenters. The summed E-state index contributed by atoms with van der Waals surface area (Å²) in [5.74, 6) is 0.0942. The van der Waals surface area contributed by atoms with Gasteiger partial charge in [-0.2, -0.15) is 0 Å². The summed E-state index contributed by atoms with van der Waals surface area (Å²) in [6, 6.07) is 15.1. The van der Waals surface area contributed by atoms with Crippen LogP contribution in [0.2, 0.25) is 5.02 Å². The summed E-state index contributed by atoms with van der Waals surface area (Å²) in [7, 11) is 1.59. The van der Waals surface area contributed by atoms with E-state index in [1.165, 1.54) is 27.8 Å². The molecule has 37 heavy (non-hydrogen) atoms. The van der Waals surface area contributed by atoms with Crippen LogP contribution in [0.1, 0.15) is 42.0 Å². The van der Waals surface area contributed by atoms with Crippen molar-refractivity contribution in [2.75, 3.05) is 13.7 Å². The lowest BCUT2D eigenvalue weighted by molar-refractivity contribution is -0.147. The molecular formula is C28H31ClN2O6. The van der Waals surface area contributed by atoms with Crippen LogP contribution < -0.4 is 9.47 Å². The van der Waals surface area contributed by atoms with Crippen molar-refractivity contribution in [3.63, 3.8) is 0 Å². The predicted octanol–water partition coefficient (Wildman–Crippen LogP) is 4.99. The van der Waals surface area contributed by atoms with Gasteiger partial charge in [0.15, 0.2) is 23.3 Å². The summed E-state index contributed by atoms with van der Waals surface area (Å²) in [5.41, 5.74) is 3.58. The molecule has 0 aliphatic heterocycles. The fourth-order valence-corrected chi connectivity index (χ4v) is 5.72. The summed E-state index contributed by atoms with van der Waals surface area (Å²) in [5, 5.41) is 29.8. The Hall–Kier alpha value is -3.36. The van der Waals surface area contributed by atoms with Crippen LogP contribution in [-0.4, -0.2) is 50.5 Å². The second-order valence-corrected chi connectivity index (χ2v) is 10.2. The minimum Gasteiger partial charge on any atom is -0.494 e. The second kappa shape index (κ2) is 10.6. The number of rotatable bonds is 10. The molecule has 2 aliphatic rings. The third-order valence-corrected chi connectivity index (χ3v) is 7.82. The first-order chi connectivity index (χ1) is 17.8. The van der Waals surface area contributed by atoms with Gasteiger partial charge in [-0.05, 0) is 66.6 Å². The number of carboxylic acid groups (broad SMARTS) is 1. The van der Waals surface area contributed by atoms with E-state index in [-0.39, 0.29) is 42.9 Å². The van der Waals surface area contributed by atoms with Crippen molar-refractivity contribution in [1.29, 1.82) is 0 Å². The quantitative estimate of drug-likeness (QED) is 0.342. The van der Waals surface area contributed by atoms with Crippen LogP contribution >= 0.6 is 11.6 Å². The van der Waals surface area contributed by atoms with Gasteiger partial charge in [0.2, 0.25) is 0 Å². The molecule has 1 atom stereocenters. The van der Waals surface area contributed by atoms with Gasteiger partial charge in [0.05, 0.1) is 19.6 Å². The van der Waals surface area contributed by atoms with E-state index in [0.29, 0.717) is 30.9 Å². The Morgan fingerprint density at radius 3 is 2.54 bits per heavy atom. The maximum absolute atomic E-state index is 11.5. The first kappa shape index (κ1) is 25.3. The summed E-state index contributed by atoms with van der Waals surface area (Å²) in [4.78, 5) is 13.9. The van der Waals surface area contributed by atoms with Gasteiger partial charge in [0.1, 0.15) is 6.61 Å². The van der Waals surface area contributed by atoms with Crippen LogP contribution in [0.25, 0.3) is 0 Å². The number of aromatic hydroxyl groups is 2. The lowest BCUT2D eigenvalue weighted by Gasteiger charge is -2.44. The van der Waals surface area contributed by atoms with E-state index in [1.807, 2.05) is 30.3 Å². The number of benzene rings is 2. The Morgan fingerprint density at radius 2 is 1.84 bits per heavy atom. The van der Waals surface area contributed by atoms with Crippen molar-refractivity contribution in [2.45, 2.75) is 50.9 Å². The van der Waals surface area contributed by atoms with Crippen molar-refractivity contribution >= 4 is 17.6 Å². The van der Waals surface area contributed by atoms with Crippen LogP contribution in [0.5, 0.6) is 23.3 Å². The van der Waals surface area contributed by atoms with E-state index in [0.717, 1.165) is 23.4 Å². The lowest BCUT2D eigenvalue weighted by Crippen LogP contribution is -2.47. The van der Waals surface area contributed by atoms with Gasteiger partial charge in [0, 0.05) is 35.8 Å². The summed E-state index contributed by atoms with van der Waals surface area (Å²) < 4.78 is 12.9. The molecule has 1 aromatic heterocycles. The first-order valence-electron chi connectivity index (χ1n) is 12.5. The van der Waals surface area contributed by atoms with Gasteiger partial charge in [-0.1, -0.05) is 23.7 Å². The van der Waals surface area contributed by atoms with Crippen molar-refractivity contribution in [3.8, 4) is 23.3 Å². The Labute approximate surface area is 220 Å². The van der Waals surface area contributed by atoms with E-state index in [1.54, 1.807) is 7.11 Å². The number of methoxy groups -OCH3 is 1. The number of nitrogens with zero attached hydrogens (tertiary/aromatic N) is 2. The number of hydrogen-bond acceptors (Lipinski definition) is 6. The Balaban J connectivity index is 1.32. The largest absolute Gasteiger partial charge is 0.494 e. The number of aliphatic carboxylic acids is 1. The molecule has 1 heterocycles. The highest BCUT2D eigenvalue weighted by atomic mass is 35.5. The molecule has 1 fully saturated rings. The zero-order valence-corrected chi connectivity index (χ0v) is 21.4. The maximum atomic E-state index is 11.5. The number of carbonyl (C=O) groups is 1. The van der Waals surface area contributed by atoms with Gasteiger partial charge in [-0.25, -0.2) is 0 Å². The van der Waals surface area contributed by atoms with Gasteiger partial charge < -0.3 is 24.8 Å². The monoisotopic (exact) mass is 526 g/mol. The van der Waals surface area contributed by atoms with E-state index >= 15 is 0 Å². The molecule has 0 amide bonds. The van der Waals surface area contributed by atoms with Crippen molar-refractivity contribution in [2.24, 2.45) is 5.92 Å². The standard InChI is InChI=1S/C28H31ClN2O6/c1-36-25-12-17(2-7-24(25)37-11-10-30-26(32)8-9-27(30)33)16-31(21-14-19(15-21)28(34)35)23-6-3-18-13-20(29)4-5-22(18)23/h2,4-5,7-9,12-13,19,21,23,32-33H,3,6,10-11,14-16H2,1H3,(H,34,35). The number of aryl methyl sites for hydroxylation is 1. The van der Waals surface area contributed by atoms with Crippen molar-refractivity contribution in [1.82, 2.24) is 9.47 Å². The Morgan fingerprint density at radius 1 is 1.08 bits per heavy atom. The lowest BCUT2D eigenvalue weighted by atomic mass is 9.78. The SMILES string of the molecule is COc1cc(CN(C2CC(C(=O)O)C2)C2CCc3cc(Cl)ccc32)ccc1OCCn1c(O)ccc1O. The smallest absolute Gasteiger partial charge is 0.306 e. The molecule has 2 aromatic carbocycles. The molecule has 0 saturated heterocycles. The molecule has 0 bridgehead atoms. The van der Waals surface area contributed by atoms with Crippen LogP contribution in [0.4, 0.5) is 0 Å². The third kappa shape index (κ3) is 5.22. The summed E-state index contributed by atoms with van der Waals surface area (Å²) in [6.07, 6.45) is 3.22. The van der Waals surface area contributed by atoms with Crippen molar-refractivity contribution < 1.29 is 29.6 Å². The number of ether oxygens (including phenoxy) is 2. The van der Waals surface area contributed by atoms with Crippen LogP contribution in [-0.2, 0) is 24.3 Å². The van der Waals surface area contributed by atoms with Gasteiger partial charge >= 0.3 is 5.97 Å². The molecule has 0 spiro atoms. The van der Waals surface area contributed by atoms with E-state index in [4.69, 9.17) is 21.1 Å².